The van der Waals surface area contributed by atoms with Crippen molar-refractivity contribution < 1.29 is 9.00 Å². The molecule has 1 aliphatic rings. The van der Waals surface area contributed by atoms with Gasteiger partial charge in [-0.05, 0) is 24.3 Å². The van der Waals surface area contributed by atoms with Crippen LogP contribution in [0, 0.1) is 0 Å². The molecule has 0 aliphatic carbocycles. The number of halogens is 1. The molecule has 2 aromatic heterocycles. The molecular weight excluding hydrogens is 434 g/mol. The average molecular weight is 460 g/mol. The van der Waals surface area contributed by atoms with E-state index >= 15 is 0 Å². The number of nitrogens with zero attached hydrogens (tertiary/aromatic N) is 4. The maximum atomic E-state index is 12.0. The average Bonchev–Trinajstić information content (AvgIpc) is 3.12. The van der Waals surface area contributed by atoms with Crippen LogP contribution in [0.3, 0.4) is 0 Å². The summed E-state index contributed by atoms with van der Waals surface area (Å²) in [5.74, 6) is 0.654. The second-order valence-electron chi connectivity index (χ2n) is 7.58. The molecule has 1 atom stereocenters. The van der Waals surface area contributed by atoms with E-state index in [-0.39, 0.29) is 5.91 Å². The van der Waals surface area contributed by atoms with Gasteiger partial charge in [-0.1, -0.05) is 30.7 Å². The summed E-state index contributed by atoms with van der Waals surface area (Å²) in [5, 5.41) is 0.683. The van der Waals surface area contributed by atoms with E-state index in [1.54, 1.807) is 6.92 Å². The van der Waals surface area contributed by atoms with E-state index in [9.17, 15) is 9.00 Å². The Morgan fingerprint density at radius 3 is 2.48 bits per heavy atom. The molecule has 1 fully saturated rings. The van der Waals surface area contributed by atoms with Gasteiger partial charge in [0.05, 0.1) is 17.1 Å². The molecule has 3 heterocycles. The lowest BCUT2D eigenvalue weighted by Crippen LogP contribution is -2.47. The molecule has 1 aromatic carbocycles. The van der Waals surface area contributed by atoms with Gasteiger partial charge in [0.1, 0.15) is 16.6 Å². The van der Waals surface area contributed by atoms with Gasteiger partial charge in [-0.15, -0.1) is 0 Å². The Morgan fingerprint density at radius 1 is 1.13 bits per heavy atom. The van der Waals surface area contributed by atoms with Crippen LogP contribution in [0.5, 0.6) is 0 Å². The Hall–Kier alpha value is -2.42. The fraction of sp³-hybridized carbons (Fsp3) is 0.364. The molecule has 31 heavy (non-hydrogen) atoms. The molecule has 164 valence electrons. The van der Waals surface area contributed by atoms with Crippen molar-refractivity contribution >= 4 is 39.8 Å². The molecule has 9 heteroatoms. The summed E-state index contributed by atoms with van der Waals surface area (Å²) in [6.07, 6.45) is 1.95. The first-order valence-electron chi connectivity index (χ1n) is 10.3. The molecule has 4 rings (SSSR count). The molecule has 1 N–H and O–H groups in total. The van der Waals surface area contributed by atoms with Gasteiger partial charge in [0, 0.05) is 62.2 Å². The van der Waals surface area contributed by atoms with E-state index in [0.29, 0.717) is 17.3 Å². The zero-order valence-corrected chi connectivity index (χ0v) is 19.2. The van der Waals surface area contributed by atoms with Crippen LogP contribution >= 0.6 is 11.6 Å². The SMILES string of the molecule is CCS(=O)Nc1ccc2nc(-c3ccc(Cl)cc3)c(CN3CCN(C(C)=O)CC3)n2c1. The van der Waals surface area contributed by atoms with Gasteiger partial charge < -0.3 is 9.62 Å². The zero-order chi connectivity index (χ0) is 22.0. The number of anilines is 1. The Bertz CT molecular complexity index is 1110. The van der Waals surface area contributed by atoms with Gasteiger partial charge in [-0.25, -0.2) is 9.19 Å². The molecule has 1 aliphatic heterocycles. The minimum Gasteiger partial charge on any atom is -0.340 e. The van der Waals surface area contributed by atoms with Crippen molar-refractivity contribution in [2.24, 2.45) is 0 Å². The molecular formula is C22H26ClN5O2S. The summed E-state index contributed by atoms with van der Waals surface area (Å²) in [6, 6.07) is 11.5. The standard InChI is InChI=1S/C22H26ClN5O2S/c1-3-31(30)25-19-8-9-21-24-22(17-4-6-18(23)7-5-17)20(28(21)14-19)15-26-10-12-27(13-11-26)16(2)29/h4-9,14,25H,3,10-13,15H2,1-2H3. The van der Waals surface area contributed by atoms with Crippen LogP contribution < -0.4 is 4.72 Å². The minimum atomic E-state index is -1.12. The molecule has 0 radical (unpaired) electrons. The Balaban J connectivity index is 1.71. The summed E-state index contributed by atoms with van der Waals surface area (Å²) in [6.45, 7) is 7.27. The lowest BCUT2D eigenvalue weighted by atomic mass is 10.1. The number of hydrogen-bond donors (Lipinski definition) is 1. The molecule has 1 amide bonds. The van der Waals surface area contributed by atoms with Gasteiger partial charge in [-0.3, -0.25) is 14.1 Å². The van der Waals surface area contributed by atoms with Crippen LogP contribution in [0.1, 0.15) is 19.5 Å². The summed E-state index contributed by atoms with van der Waals surface area (Å²) >= 11 is 6.09. The van der Waals surface area contributed by atoms with Crippen molar-refractivity contribution in [3.63, 3.8) is 0 Å². The van der Waals surface area contributed by atoms with Crippen molar-refractivity contribution in [3.8, 4) is 11.3 Å². The second kappa shape index (κ2) is 9.38. The molecule has 0 saturated carbocycles. The predicted molar refractivity (Wildman–Crippen MR) is 125 cm³/mol. The Labute approximate surface area is 189 Å². The number of nitrogens with one attached hydrogen (secondary N) is 1. The Morgan fingerprint density at radius 2 is 1.84 bits per heavy atom. The highest BCUT2D eigenvalue weighted by Crippen LogP contribution is 2.28. The highest BCUT2D eigenvalue weighted by atomic mass is 35.5. The summed E-state index contributed by atoms with van der Waals surface area (Å²) in [4.78, 5) is 20.8. The van der Waals surface area contributed by atoms with Crippen molar-refractivity contribution in [3.05, 3.63) is 53.3 Å². The highest BCUT2D eigenvalue weighted by molar-refractivity contribution is 7.86. The van der Waals surface area contributed by atoms with E-state index in [2.05, 4.69) is 14.0 Å². The third-order valence-corrected chi connectivity index (χ3v) is 6.76. The van der Waals surface area contributed by atoms with E-state index in [4.69, 9.17) is 16.6 Å². The minimum absolute atomic E-state index is 0.121. The third kappa shape index (κ3) is 4.92. The highest BCUT2D eigenvalue weighted by Gasteiger charge is 2.22. The zero-order valence-electron chi connectivity index (χ0n) is 17.7. The monoisotopic (exact) mass is 459 g/mol. The first kappa shape index (κ1) is 21.8. The van der Waals surface area contributed by atoms with Gasteiger partial charge in [0.2, 0.25) is 5.91 Å². The number of imidazole rings is 1. The molecule has 3 aromatic rings. The number of rotatable bonds is 6. The topological polar surface area (TPSA) is 70.0 Å². The quantitative estimate of drug-likeness (QED) is 0.613. The van der Waals surface area contributed by atoms with Crippen molar-refractivity contribution in [1.82, 2.24) is 19.2 Å². The molecule has 1 unspecified atom stereocenters. The number of aromatic nitrogens is 2. The maximum absolute atomic E-state index is 12.0. The fourth-order valence-corrected chi connectivity index (χ4v) is 4.43. The van der Waals surface area contributed by atoms with E-state index in [1.807, 2.05) is 54.4 Å². The smallest absolute Gasteiger partial charge is 0.219 e. The summed E-state index contributed by atoms with van der Waals surface area (Å²) in [5.41, 5.74) is 4.57. The summed E-state index contributed by atoms with van der Waals surface area (Å²) < 4.78 is 17.1. The predicted octanol–water partition coefficient (Wildman–Crippen LogP) is 3.41. The molecule has 7 nitrogen and oxygen atoms in total. The number of pyridine rings is 1. The Kier molecular flexibility index (Phi) is 6.60. The van der Waals surface area contributed by atoms with Crippen LogP contribution in [-0.4, -0.2) is 61.2 Å². The summed E-state index contributed by atoms with van der Waals surface area (Å²) in [7, 11) is -1.12. The number of carbonyl (C=O) groups excluding carboxylic acids is 1. The van der Waals surface area contributed by atoms with Crippen molar-refractivity contribution in [2.45, 2.75) is 20.4 Å². The van der Waals surface area contributed by atoms with Crippen LogP contribution in [0.25, 0.3) is 16.9 Å². The molecule has 1 saturated heterocycles. The number of amides is 1. The number of hydrogen-bond acceptors (Lipinski definition) is 4. The lowest BCUT2D eigenvalue weighted by Gasteiger charge is -2.34. The van der Waals surface area contributed by atoms with Crippen LogP contribution in [0.15, 0.2) is 42.6 Å². The van der Waals surface area contributed by atoms with Crippen LogP contribution in [-0.2, 0) is 22.3 Å². The van der Waals surface area contributed by atoms with Gasteiger partial charge in [-0.2, -0.15) is 0 Å². The van der Waals surface area contributed by atoms with E-state index in [1.165, 1.54) is 0 Å². The van der Waals surface area contributed by atoms with Gasteiger partial charge in [0.15, 0.2) is 0 Å². The van der Waals surface area contributed by atoms with E-state index in [0.717, 1.165) is 54.5 Å². The fourth-order valence-electron chi connectivity index (χ4n) is 3.78. The van der Waals surface area contributed by atoms with Crippen molar-refractivity contribution in [2.75, 3.05) is 36.7 Å². The van der Waals surface area contributed by atoms with Gasteiger partial charge in [0.25, 0.3) is 0 Å². The first-order chi connectivity index (χ1) is 14.9. The largest absolute Gasteiger partial charge is 0.340 e. The number of fused-ring (bicyclic) bond motifs is 1. The van der Waals surface area contributed by atoms with E-state index < -0.39 is 11.0 Å². The normalized spacial score (nSPS) is 15.9. The lowest BCUT2D eigenvalue weighted by molar-refractivity contribution is -0.130. The first-order valence-corrected chi connectivity index (χ1v) is 12.0. The molecule has 0 bridgehead atoms. The second-order valence-corrected chi connectivity index (χ2v) is 9.49. The number of benzene rings is 1. The van der Waals surface area contributed by atoms with Crippen LogP contribution in [0.2, 0.25) is 5.02 Å². The van der Waals surface area contributed by atoms with Crippen molar-refractivity contribution in [1.29, 1.82) is 0 Å². The molecule has 0 spiro atoms. The number of carbonyl (C=O) groups is 1. The number of piperazine rings is 1. The third-order valence-electron chi connectivity index (χ3n) is 5.52. The van der Waals surface area contributed by atoms with Gasteiger partial charge >= 0.3 is 0 Å². The van der Waals surface area contributed by atoms with Crippen LogP contribution in [0.4, 0.5) is 5.69 Å². The maximum Gasteiger partial charge on any atom is 0.219 e.